The third kappa shape index (κ3) is 3.95. The van der Waals surface area contributed by atoms with Gasteiger partial charge in [0.15, 0.2) is 5.82 Å². The Hall–Kier alpha value is -3.27. The summed E-state index contributed by atoms with van der Waals surface area (Å²) in [6.45, 7) is 3.99. The van der Waals surface area contributed by atoms with Gasteiger partial charge < -0.3 is 4.74 Å². The van der Waals surface area contributed by atoms with Crippen LogP contribution in [0.3, 0.4) is 0 Å². The van der Waals surface area contributed by atoms with Crippen molar-refractivity contribution in [1.82, 2.24) is 15.0 Å². The lowest BCUT2D eigenvalue weighted by molar-refractivity contribution is 0.236. The number of nitrogens with zero attached hydrogens (tertiary/aromatic N) is 3. The molecule has 134 valence electrons. The summed E-state index contributed by atoms with van der Waals surface area (Å²) in [5, 5.41) is 0.912. The molecule has 0 aliphatic carbocycles. The standard InChI is InChI=1S/C23H21N3O/c1-16(2)27-23-19-12-6-7-13-20(19)25-22(26-23)21-14-8-11-18(24-21)15-17-9-4-3-5-10-17/h3-14,16H,15H2,1-2H3. The SMILES string of the molecule is CC(C)Oc1nc(-c2cccc(Cc3ccccc3)n2)nc2ccccc12. The summed E-state index contributed by atoms with van der Waals surface area (Å²) in [6.07, 6.45) is 0.811. The van der Waals surface area contributed by atoms with E-state index in [1.165, 1.54) is 5.56 Å². The number of hydrogen-bond acceptors (Lipinski definition) is 4. The smallest absolute Gasteiger partial charge is 0.225 e. The number of aromatic nitrogens is 3. The molecule has 0 spiro atoms. The van der Waals surface area contributed by atoms with Gasteiger partial charge in [-0.25, -0.2) is 9.97 Å². The molecule has 0 radical (unpaired) electrons. The van der Waals surface area contributed by atoms with Gasteiger partial charge in [-0.15, -0.1) is 0 Å². The molecule has 0 bridgehead atoms. The summed E-state index contributed by atoms with van der Waals surface area (Å²) >= 11 is 0. The van der Waals surface area contributed by atoms with Crippen molar-refractivity contribution in [2.24, 2.45) is 0 Å². The van der Waals surface area contributed by atoms with Crippen LogP contribution in [0.25, 0.3) is 22.4 Å². The Kier molecular flexibility index (Phi) is 4.79. The molecular weight excluding hydrogens is 334 g/mol. The monoisotopic (exact) mass is 355 g/mol. The van der Waals surface area contributed by atoms with Crippen LogP contribution in [0.15, 0.2) is 72.8 Å². The van der Waals surface area contributed by atoms with E-state index in [1.807, 2.05) is 74.5 Å². The van der Waals surface area contributed by atoms with Crippen molar-refractivity contribution in [3.63, 3.8) is 0 Å². The Bertz CT molecular complexity index is 1060. The number of fused-ring (bicyclic) bond motifs is 1. The predicted octanol–water partition coefficient (Wildman–Crippen LogP) is 5.07. The first-order chi connectivity index (χ1) is 13.2. The van der Waals surface area contributed by atoms with E-state index in [2.05, 4.69) is 17.1 Å². The van der Waals surface area contributed by atoms with E-state index in [9.17, 15) is 0 Å². The molecule has 27 heavy (non-hydrogen) atoms. The van der Waals surface area contributed by atoms with Crippen molar-refractivity contribution in [3.05, 3.63) is 84.1 Å². The number of benzene rings is 2. The second kappa shape index (κ2) is 7.54. The lowest BCUT2D eigenvalue weighted by atomic mass is 10.1. The summed E-state index contributed by atoms with van der Waals surface area (Å²) in [7, 11) is 0. The molecule has 2 aromatic heterocycles. The Morgan fingerprint density at radius 2 is 1.56 bits per heavy atom. The Labute approximate surface area is 158 Å². The van der Waals surface area contributed by atoms with E-state index >= 15 is 0 Å². The largest absolute Gasteiger partial charge is 0.474 e. The van der Waals surface area contributed by atoms with Gasteiger partial charge in [0.25, 0.3) is 0 Å². The molecule has 0 unspecified atom stereocenters. The van der Waals surface area contributed by atoms with Crippen LogP contribution < -0.4 is 4.74 Å². The van der Waals surface area contributed by atoms with Crippen LogP contribution in [-0.4, -0.2) is 21.1 Å². The summed E-state index contributed by atoms with van der Waals surface area (Å²) in [5.74, 6) is 1.18. The average Bonchev–Trinajstić information content (AvgIpc) is 2.68. The minimum atomic E-state index is 0.0357. The highest BCUT2D eigenvalue weighted by Gasteiger charge is 2.13. The molecule has 0 amide bonds. The minimum Gasteiger partial charge on any atom is -0.474 e. The number of rotatable bonds is 5. The second-order valence-electron chi connectivity index (χ2n) is 6.71. The molecule has 0 aliphatic heterocycles. The van der Waals surface area contributed by atoms with Crippen LogP contribution in [0.1, 0.15) is 25.1 Å². The van der Waals surface area contributed by atoms with E-state index in [4.69, 9.17) is 14.7 Å². The first kappa shape index (κ1) is 17.2. The van der Waals surface area contributed by atoms with Gasteiger partial charge in [0.1, 0.15) is 5.69 Å². The molecule has 0 saturated heterocycles. The fraction of sp³-hybridized carbons (Fsp3) is 0.174. The van der Waals surface area contributed by atoms with Crippen molar-refractivity contribution in [2.75, 3.05) is 0 Å². The zero-order valence-corrected chi connectivity index (χ0v) is 15.5. The van der Waals surface area contributed by atoms with Crippen LogP contribution in [0.4, 0.5) is 0 Å². The molecule has 0 aliphatic rings. The van der Waals surface area contributed by atoms with Crippen molar-refractivity contribution >= 4 is 10.9 Å². The molecule has 0 fully saturated rings. The summed E-state index contributed by atoms with van der Waals surface area (Å²) in [5.41, 5.74) is 3.82. The van der Waals surface area contributed by atoms with Gasteiger partial charge in [-0.05, 0) is 43.7 Å². The Balaban J connectivity index is 1.74. The molecule has 0 atom stereocenters. The molecule has 4 aromatic rings. The van der Waals surface area contributed by atoms with Gasteiger partial charge in [0.05, 0.1) is 17.0 Å². The third-order valence-electron chi connectivity index (χ3n) is 4.18. The number of ether oxygens (including phenoxy) is 1. The molecule has 0 saturated carbocycles. The second-order valence-corrected chi connectivity index (χ2v) is 6.71. The van der Waals surface area contributed by atoms with Crippen LogP contribution in [-0.2, 0) is 6.42 Å². The van der Waals surface area contributed by atoms with Crippen molar-refractivity contribution in [3.8, 4) is 17.4 Å². The first-order valence-corrected chi connectivity index (χ1v) is 9.13. The van der Waals surface area contributed by atoms with Crippen molar-refractivity contribution < 1.29 is 4.74 Å². The number of para-hydroxylation sites is 1. The van der Waals surface area contributed by atoms with E-state index in [-0.39, 0.29) is 6.10 Å². The summed E-state index contributed by atoms with van der Waals surface area (Å²) in [6, 6.07) is 24.2. The van der Waals surface area contributed by atoms with Crippen LogP contribution in [0, 0.1) is 0 Å². The quantitative estimate of drug-likeness (QED) is 0.501. The van der Waals surface area contributed by atoms with Gasteiger partial charge in [0.2, 0.25) is 5.88 Å². The Morgan fingerprint density at radius 3 is 2.37 bits per heavy atom. The highest BCUT2D eigenvalue weighted by Crippen LogP contribution is 2.26. The molecule has 2 heterocycles. The maximum Gasteiger partial charge on any atom is 0.225 e. The zero-order valence-electron chi connectivity index (χ0n) is 15.5. The molecule has 4 nitrogen and oxygen atoms in total. The maximum atomic E-state index is 5.94. The predicted molar refractivity (Wildman–Crippen MR) is 108 cm³/mol. The van der Waals surface area contributed by atoms with E-state index in [1.54, 1.807) is 0 Å². The molecule has 0 N–H and O–H groups in total. The number of hydrogen-bond donors (Lipinski definition) is 0. The van der Waals surface area contributed by atoms with E-state index in [0.29, 0.717) is 11.7 Å². The fourth-order valence-electron chi connectivity index (χ4n) is 2.98. The molecular formula is C23H21N3O. The lowest BCUT2D eigenvalue weighted by Crippen LogP contribution is -2.08. The lowest BCUT2D eigenvalue weighted by Gasteiger charge is -2.12. The number of pyridine rings is 1. The van der Waals surface area contributed by atoms with Gasteiger partial charge >= 0.3 is 0 Å². The maximum absolute atomic E-state index is 5.94. The van der Waals surface area contributed by atoms with E-state index < -0.39 is 0 Å². The highest BCUT2D eigenvalue weighted by atomic mass is 16.5. The average molecular weight is 355 g/mol. The van der Waals surface area contributed by atoms with Gasteiger partial charge in [-0.3, -0.25) is 0 Å². The molecule has 4 heteroatoms. The van der Waals surface area contributed by atoms with Crippen LogP contribution >= 0.6 is 0 Å². The summed E-state index contributed by atoms with van der Waals surface area (Å²) in [4.78, 5) is 14.2. The fourth-order valence-corrected chi connectivity index (χ4v) is 2.98. The van der Waals surface area contributed by atoms with Gasteiger partial charge in [-0.1, -0.05) is 48.5 Å². The minimum absolute atomic E-state index is 0.0357. The zero-order chi connectivity index (χ0) is 18.6. The van der Waals surface area contributed by atoms with Gasteiger partial charge in [-0.2, -0.15) is 4.98 Å². The van der Waals surface area contributed by atoms with Crippen LogP contribution in [0.2, 0.25) is 0 Å². The van der Waals surface area contributed by atoms with Crippen molar-refractivity contribution in [2.45, 2.75) is 26.4 Å². The third-order valence-corrected chi connectivity index (χ3v) is 4.18. The highest BCUT2D eigenvalue weighted by molar-refractivity contribution is 5.84. The normalized spacial score (nSPS) is 11.1. The molecule has 4 rings (SSSR count). The Morgan fingerprint density at radius 1 is 0.778 bits per heavy atom. The first-order valence-electron chi connectivity index (χ1n) is 9.13. The topological polar surface area (TPSA) is 47.9 Å². The summed E-state index contributed by atoms with van der Waals surface area (Å²) < 4.78 is 5.94. The van der Waals surface area contributed by atoms with Crippen LogP contribution in [0.5, 0.6) is 5.88 Å². The van der Waals surface area contributed by atoms with Crippen molar-refractivity contribution in [1.29, 1.82) is 0 Å². The van der Waals surface area contributed by atoms with Gasteiger partial charge in [0, 0.05) is 12.1 Å². The van der Waals surface area contributed by atoms with E-state index in [0.717, 1.165) is 28.7 Å². The molecule has 2 aromatic carbocycles.